The number of benzene rings is 3. The molecule has 0 aliphatic heterocycles. The van der Waals surface area contributed by atoms with Crippen molar-refractivity contribution in [1.82, 2.24) is 0 Å². The SMILES string of the molecule is C[C@H](C(=O)Nc1cccc(Cl)c1)N(c1ccc(Oc2ccccc2)cc1)S(C)(=O)=O. The molecule has 8 heteroatoms. The number of para-hydroxylation sites is 1. The molecule has 0 heterocycles. The van der Waals surface area contributed by atoms with E-state index in [1.165, 1.54) is 6.92 Å². The van der Waals surface area contributed by atoms with Gasteiger partial charge in [-0.1, -0.05) is 35.9 Å². The fraction of sp³-hybridized carbons (Fsp3) is 0.136. The van der Waals surface area contributed by atoms with Crippen molar-refractivity contribution < 1.29 is 17.9 Å². The van der Waals surface area contributed by atoms with Gasteiger partial charge < -0.3 is 10.1 Å². The summed E-state index contributed by atoms with van der Waals surface area (Å²) < 4.78 is 31.7. The standard InChI is InChI=1S/C22H21ClN2O4S/c1-16(22(26)24-18-8-6-7-17(23)15-18)25(30(2,27)28)19-11-13-21(14-12-19)29-20-9-4-3-5-10-20/h3-16H,1-2H3,(H,24,26)/t16-/m1/s1. The van der Waals surface area contributed by atoms with Gasteiger partial charge in [-0.2, -0.15) is 0 Å². The summed E-state index contributed by atoms with van der Waals surface area (Å²) in [5.74, 6) is 0.737. The average molecular weight is 445 g/mol. The predicted octanol–water partition coefficient (Wildman–Crippen LogP) is 4.93. The van der Waals surface area contributed by atoms with Gasteiger partial charge in [0, 0.05) is 10.7 Å². The lowest BCUT2D eigenvalue weighted by Gasteiger charge is -2.28. The predicted molar refractivity (Wildman–Crippen MR) is 120 cm³/mol. The lowest BCUT2D eigenvalue weighted by atomic mass is 10.2. The van der Waals surface area contributed by atoms with Crippen LogP contribution in [0.5, 0.6) is 11.5 Å². The van der Waals surface area contributed by atoms with Gasteiger partial charge in [-0.05, 0) is 61.5 Å². The molecule has 0 fully saturated rings. The Morgan fingerprint density at radius 1 is 0.967 bits per heavy atom. The van der Waals surface area contributed by atoms with Gasteiger partial charge in [-0.15, -0.1) is 0 Å². The summed E-state index contributed by atoms with van der Waals surface area (Å²) in [6, 6.07) is 21.4. The van der Waals surface area contributed by atoms with Crippen molar-refractivity contribution in [2.75, 3.05) is 15.9 Å². The third-order valence-corrected chi connectivity index (χ3v) is 5.73. The van der Waals surface area contributed by atoms with Gasteiger partial charge in [0.1, 0.15) is 17.5 Å². The van der Waals surface area contributed by atoms with E-state index >= 15 is 0 Å². The van der Waals surface area contributed by atoms with Crippen LogP contribution in [0.1, 0.15) is 6.92 Å². The Kier molecular flexibility index (Phi) is 6.64. The molecule has 0 aliphatic rings. The summed E-state index contributed by atoms with van der Waals surface area (Å²) in [6.45, 7) is 1.52. The van der Waals surface area contributed by atoms with E-state index in [1.54, 1.807) is 48.5 Å². The van der Waals surface area contributed by atoms with Crippen LogP contribution < -0.4 is 14.4 Å². The largest absolute Gasteiger partial charge is 0.457 e. The topological polar surface area (TPSA) is 75.7 Å². The number of hydrogen-bond acceptors (Lipinski definition) is 4. The fourth-order valence-corrected chi connectivity index (χ4v) is 4.27. The number of amides is 1. The third-order valence-electron chi connectivity index (χ3n) is 4.25. The maximum Gasteiger partial charge on any atom is 0.247 e. The molecule has 0 unspecified atom stereocenters. The molecular formula is C22H21ClN2O4S. The second-order valence-corrected chi connectivity index (χ2v) is 8.94. The minimum Gasteiger partial charge on any atom is -0.457 e. The Bertz CT molecular complexity index is 1120. The number of sulfonamides is 1. The summed E-state index contributed by atoms with van der Waals surface area (Å²) in [5, 5.41) is 3.16. The van der Waals surface area contributed by atoms with E-state index in [0.717, 1.165) is 10.6 Å². The van der Waals surface area contributed by atoms with Crippen molar-refractivity contribution in [2.45, 2.75) is 13.0 Å². The molecule has 0 aliphatic carbocycles. The van der Waals surface area contributed by atoms with E-state index in [0.29, 0.717) is 27.9 Å². The van der Waals surface area contributed by atoms with Crippen LogP contribution in [0.15, 0.2) is 78.9 Å². The van der Waals surface area contributed by atoms with Crippen molar-refractivity contribution in [3.8, 4) is 11.5 Å². The van der Waals surface area contributed by atoms with Crippen molar-refractivity contribution in [2.24, 2.45) is 0 Å². The average Bonchev–Trinajstić information content (AvgIpc) is 2.69. The maximum atomic E-state index is 12.7. The van der Waals surface area contributed by atoms with Crippen molar-refractivity contribution >= 4 is 38.9 Å². The Balaban J connectivity index is 1.80. The summed E-state index contributed by atoms with van der Waals surface area (Å²) in [6.07, 6.45) is 1.06. The first-order valence-corrected chi connectivity index (χ1v) is 11.4. The minimum atomic E-state index is -3.73. The monoisotopic (exact) mass is 444 g/mol. The normalized spacial score (nSPS) is 12.1. The van der Waals surface area contributed by atoms with Crippen LogP contribution in [0.4, 0.5) is 11.4 Å². The number of carbonyl (C=O) groups is 1. The highest BCUT2D eigenvalue weighted by atomic mass is 35.5. The highest BCUT2D eigenvalue weighted by Crippen LogP contribution is 2.27. The molecule has 30 heavy (non-hydrogen) atoms. The van der Waals surface area contributed by atoms with Gasteiger partial charge in [0.25, 0.3) is 0 Å². The van der Waals surface area contributed by atoms with Gasteiger partial charge in [0.05, 0.1) is 11.9 Å². The van der Waals surface area contributed by atoms with Gasteiger partial charge in [0.2, 0.25) is 15.9 Å². The van der Waals surface area contributed by atoms with Crippen LogP contribution in [-0.2, 0) is 14.8 Å². The molecule has 156 valence electrons. The smallest absolute Gasteiger partial charge is 0.247 e. The highest BCUT2D eigenvalue weighted by molar-refractivity contribution is 7.92. The molecule has 1 N–H and O–H groups in total. The Hall–Kier alpha value is -3.03. The van der Waals surface area contributed by atoms with Crippen LogP contribution in [0.25, 0.3) is 0 Å². The zero-order valence-electron chi connectivity index (χ0n) is 16.4. The van der Waals surface area contributed by atoms with Crippen molar-refractivity contribution in [1.29, 1.82) is 0 Å². The number of nitrogens with one attached hydrogen (secondary N) is 1. The molecule has 0 spiro atoms. The Labute approximate surface area is 181 Å². The van der Waals surface area contributed by atoms with Crippen molar-refractivity contribution in [3.05, 3.63) is 83.9 Å². The van der Waals surface area contributed by atoms with E-state index in [1.807, 2.05) is 30.3 Å². The van der Waals surface area contributed by atoms with E-state index in [9.17, 15) is 13.2 Å². The molecule has 0 saturated carbocycles. The minimum absolute atomic E-state index is 0.353. The number of nitrogens with zero attached hydrogens (tertiary/aromatic N) is 1. The van der Waals surface area contributed by atoms with E-state index < -0.39 is 22.0 Å². The first-order chi connectivity index (χ1) is 14.2. The summed E-state index contributed by atoms with van der Waals surface area (Å²) in [5.41, 5.74) is 0.839. The van der Waals surface area contributed by atoms with E-state index in [2.05, 4.69) is 5.32 Å². The molecule has 0 bridgehead atoms. The van der Waals surface area contributed by atoms with Gasteiger partial charge in [-0.3, -0.25) is 9.10 Å². The second-order valence-electron chi connectivity index (χ2n) is 6.64. The fourth-order valence-electron chi connectivity index (χ4n) is 2.91. The van der Waals surface area contributed by atoms with Crippen LogP contribution in [0, 0.1) is 0 Å². The first kappa shape index (κ1) is 21.7. The number of ether oxygens (including phenoxy) is 1. The molecule has 1 atom stereocenters. The summed E-state index contributed by atoms with van der Waals surface area (Å²) >= 11 is 5.94. The Morgan fingerprint density at radius 3 is 2.20 bits per heavy atom. The number of halogens is 1. The van der Waals surface area contributed by atoms with Crippen molar-refractivity contribution in [3.63, 3.8) is 0 Å². The van der Waals surface area contributed by atoms with E-state index in [4.69, 9.17) is 16.3 Å². The van der Waals surface area contributed by atoms with Crippen LogP contribution in [0.2, 0.25) is 5.02 Å². The molecule has 3 aromatic rings. The second kappa shape index (κ2) is 9.19. The van der Waals surface area contributed by atoms with Gasteiger partial charge in [-0.25, -0.2) is 8.42 Å². The molecule has 0 saturated heterocycles. The van der Waals surface area contributed by atoms with Crippen LogP contribution in [0.3, 0.4) is 0 Å². The van der Waals surface area contributed by atoms with Crippen LogP contribution >= 0.6 is 11.6 Å². The summed E-state index contributed by atoms with van der Waals surface area (Å²) in [4.78, 5) is 12.7. The quantitative estimate of drug-likeness (QED) is 0.560. The van der Waals surface area contributed by atoms with E-state index in [-0.39, 0.29) is 0 Å². The lowest BCUT2D eigenvalue weighted by Crippen LogP contribution is -2.45. The molecule has 6 nitrogen and oxygen atoms in total. The maximum absolute atomic E-state index is 12.7. The molecule has 3 rings (SSSR count). The van der Waals surface area contributed by atoms with Crippen LogP contribution in [-0.4, -0.2) is 26.6 Å². The number of anilines is 2. The number of rotatable bonds is 7. The lowest BCUT2D eigenvalue weighted by molar-refractivity contribution is -0.116. The Morgan fingerprint density at radius 2 is 1.60 bits per heavy atom. The number of carbonyl (C=O) groups excluding carboxylic acids is 1. The van der Waals surface area contributed by atoms with Gasteiger partial charge >= 0.3 is 0 Å². The highest BCUT2D eigenvalue weighted by Gasteiger charge is 2.29. The molecule has 3 aromatic carbocycles. The summed E-state index contributed by atoms with van der Waals surface area (Å²) in [7, 11) is -3.73. The molecule has 1 amide bonds. The molecule has 0 radical (unpaired) electrons. The molecule has 0 aromatic heterocycles. The first-order valence-electron chi connectivity index (χ1n) is 9.13. The number of hydrogen-bond donors (Lipinski definition) is 1. The molecular weight excluding hydrogens is 424 g/mol. The third kappa shape index (κ3) is 5.52. The zero-order valence-corrected chi connectivity index (χ0v) is 18.0. The zero-order chi connectivity index (χ0) is 21.7. The van der Waals surface area contributed by atoms with Gasteiger partial charge in [0.15, 0.2) is 0 Å².